The lowest BCUT2D eigenvalue weighted by Gasteiger charge is -2.10. The minimum absolute atomic E-state index is 0.00554. The average molecular weight is 267 g/mol. The first kappa shape index (κ1) is 14.5. The molecule has 0 unspecified atom stereocenters. The molecule has 1 aromatic carbocycles. The number of hydrogen-bond donors (Lipinski definition) is 2. The number of carboxylic acids is 1. The van der Waals surface area contributed by atoms with Crippen molar-refractivity contribution in [3.63, 3.8) is 0 Å². The first-order valence-electron chi connectivity index (χ1n) is 5.39. The fraction of sp³-hybridized carbons (Fsp3) is 0.250. The maximum Gasteiger partial charge on any atom is 0.397 e. The highest BCUT2D eigenvalue weighted by atomic mass is 16.5. The molecule has 0 aromatic heterocycles. The van der Waals surface area contributed by atoms with Crippen molar-refractivity contribution in [3.8, 4) is 5.75 Å². The highest BCUT2D eigenvalue weighted by Gasteiger charge is 2.17. The van der Waals surface area contributed by atoms with Crippen LogP contribution in [0.5, 0.6) is 5.75 Å². The molecule has 2 N–H and O–H groups in total. The van der Waals surface area contributed by atoms with Crippen LogP contribution >= 0.6 is 0 Å². The number of amides is 1. The van der Waals surface area contributed by atoms with Crippen molar-refractivity contribution in [2.24, 2.45) is 0 Å². The Morgan fingerprint density at radius 1 is 1.32 bits per heavy atom. The Labute approximate surface area is 109 Å². The van der Waals surface area contributed by atoms with Gasteiger partial charge in [0.15, 0.2) is 0 Å². The summed E-state index contributed by atoms with van der Waals surface area (Å²) in [5, 5.41) is 11.1. The van der Waals surface area contributed by atoms with Crippen LogP contribution in [0.3, 0.4) is 0 Å². The van der Waals surface area contributed by atoms with Gasteiger partial charge in [-0.2, -0.15) is 0 Å². The third-order valence-corrected chi connectivity index (χ3v) is 2.16. The summed E-state index contributed by atoms with van der Waals surface area (Å²) in [5.74, 6) is -2.96. The molecule has 0 saturated heterocycles. The van der Waals surface area contributed by atoms with E-state index < -0.39 is 17.8 Å². The minimum atomic E-state index is -1.12. The molecule has 0 aliphatic heterocycles. The van der Waals surface area contributed by atoms with Gasteiger partial charge in [-0.3, -0.25) is 4.79 Å². The van der Waals surface area contributed by atoms with Crippen LogP contribution in [0.15, 0.2) is 18.2 Å². The van der Waals surface area contributed by atoms with E-state index in [2.05, 4.69) is 10.1 Å². The van der Waals surface area contributed by atoms with E-state index in [1.54, 1.807) is 6.92 Å². The SMILES string of the molecule is CCOC(=O)C(=O)Nc1ccc(C(=O)O)cc1OC. The number of carbonyl (C=O) groups is 3. The van der Waals surface area contributed by atoms with Crippen molar-refractivity contribution in [2.75, 3.05) is 19.0 Å². The number of carbonyl (C=O) groups excluding carboxylic acids is 2. The van der Waals surface area contributed by atoms with Crippen LogP contribution in [0.25, 0.3) is 0 Å². The minimum Gasteiger partial charge on any atom is -0.495 e. The lowest BCUT2D eigenvalue weighted by atomic mass is 10.2. The highest BCUT2D eigenvalue weighted by molar-refractivity contribution is 6.37. The van der Waals surface area contributed by atoms with Crippen molar-refractivity contribution in [1.82, 2.24) is 0 Å². The lowest BCUT2D eigenvalue weighted by molar-refractivity contribution is -0.152. The number of ether oxygens (including phenoxy) is 2. The largest absolute Gasteiger partial charge is 0.495 e. The quantitative estimate of drug-likeness (QED) is 0.620. The number of methoxy groups -OCH3 is 1. The molecule has 0 bridgehead atoms. The summed E-state index contributed by atoms with van der Waals surface area (Å²) in [7, 11) is 1.32. The topological polar surface area (TPSA) is 102 Å². The Hall–Kier alpha value is -2.57. The summed E-state index contributed by atoms with van der Waals surface area (Å²) in [5.41, 5.74) is 0.191. The fourth-order valence-electron chi connectivity index (χ4n) is 1.30. The predicted octanol–water partition coefficient (Wildman–Crippen LogP) is 0.895. The van der Waals surface area contributed by atoms with Gasteiger partial charge < -0.3 is 19.9 Å². The van der Waals surface area contributed by atoms with E-state index in [1.165, 1.54) is 25.3 Å². The molecule has 0 aliphatic rings. The summed E-state index contributed by atoms with van der Waals surface area (Å²) >= 11 is 0. The number of carboxylic acid groups (broad SMARTS) is 1. The van der Waals surface area contributed by atoms with E-state index in [-0.39, 0.29) is 23.6 Å². The van der Waals surface area contributed by atoms with Gasteiger partial charge in [0.05, 0.1) is 25.0 Å². The Morgan fingerprint density at radius 3 is 2.53 bits per heavy atom. The Morgan fingerprint density at radius 2 is 2.00 bits per heavy atom. The van der Waals surface area contributed by atoms with Gasteiger partial charge in [0.2, 0.25) is 0 Å². The Bertz CT molecular complexity index is 511. The summed E-state index contributed by atoms with van der Waals surface area (Å²) in [6.07, 6.45) is 0. The van der Waals surface area contributed by atoms with Crippen LogP contribution in [-0.2, 0) is 14.3 Å². The normalized spacial score (nSPS) is 9.58. The summed E-state index contributed by atoms with van der Waals surface area (Å²) in [4.78, 5) is 33.4. The van der Waals surface area contributed by atoms with Crippen molar-refractivity contribution in [2.45, 2.75) is 6.92 Å². The smallest absolute Gasteiger partial charge is 0.397 e. The summed E-state index contributed by atoms with van der Waals surface area (Å²) < 4.78 is 9.47. The summed E-state index contributed by atoms with van der Waals surface area (Å²) in [6, 6.07) is 3.86. The van der Waals surface area contributed by atoms with Crippen LogP contribution in [0.4, 0.5) is 5.69 Å². The molecule has 7 heteroatoms. The Balaban J connectivity index is 2.92. The zero-order valence-corrected chi connectivity index (χ0v) is 10.4. The van der Waals surface area contributed by atoms with Gasteiger partial charge in [0.25, 0.3) is 0 Å². The van der Waals surface area contributed by atoms with E-state index >= 15 is 0 Å². The molecule has 0 fully saturated rings. The third kappa shape index (κ3) is 3.70. The zero-order chi connectivity index (χ0) is 14.4. The van der Waals surface area contributed by atoms with E-state index in [1.807, 2.05) is 0 Å². The zero-order valence-electron chi connectivity index (χ0n) is 10.4. The molecular formula is C12H13NO6. The number of nitrogens with one attached hydrogen (secondary N) is 1. The van der Waals surface area contributed by atoms with Crippen molar-refractivity contribution in [1.29, 1.82) is 0 Å². The summed E-state index contributed by atoms with van der Waals surface area (Å²) in [6.45, 7) is 1.66. The highest BCUT2D eigenvalue weighted by Crippen LogP contribution is 2.25. The molecule has 7 nitrogen and oxygen atoms in total. The standard InChI is InChI=1S/C12H13NO6/c1-3-19-12(17)10(14)13-8-5-4-7(11(15)16)6-9(8)18-2/h4-6H,3H2,1-2H3,(H,13,14)(H,15,16). The number of hydrogen-bond acceptors (Lipinski definition) is 5. The first-order chi connectivity index (χ1) is 8.99. The molecule has 1 aromatic rings. The van der Waals surface area contributed by atoms with Gasteiger partial charge in [-0.25, -0.2) is 9.59 Å². The van der Waals surface area contributed by atoms with Crippen LogP contribution < -0.4 is 10.1 Å². The maximum atomic E-state index is 11.4. The molecule has 19 heavy (non-hydrogen) atoms. The third-order valence-electron chi connectivity index (χ3n) is 2.16. The fourth-order valence-corrected chi connectivity index (χ4v) is 1.30. The van der Waals surface area contributed by atoms with E-state index in [0.29, 0.717) is 0 Å². The molecule has 1 rings (SSSR count). The van der Waals surface area contributed by atoms with Crippen LogP contribution in [0, 0.1) is 0 Å². The van der Waals surface area contributed by atoms with Gasteiger partial charge in [0.1, 0.15) is 5.75 Å². The first-order valence-corrected chi connectivity index (χ1v) is 5.39. The van der Waals surface area contributed by atoms with Crippen LogP contribution in [-0.4, -0.2) is 36.7 Å². The van der Waals surface area contributed by atoms with E-state index in [4.69, 9.17) is 9.84 Å². The van der Waals surface area contributed by atoms with Gasteiger partial charge in [-0.05, 0) is 25.1 Å². The molecule has 0 radical (unpaired) electrons. The van der Waals surface area contributed by atoms with Gasteiger partial charge in [-0.15, -0.1) is 0 Å². The molecule has 0 atom stereocenters. The second-order valence-electron chi connectivity index (χ2n) is 3.39. The molecule has 0 aliphatic carbocycles. The van der Waals surface area contributed by atoms with Gasteiger partial charge >= 0.3 is 17.8 Å². The molecule has 0 saturated carbocycles. The molecule has 1 amide bonds. The monoisotopic (exact) mass is 267 g/mol. The molecular weight excluding hydrogens is 254 g/mol. The number of anilines is 1. The van der Waals surface area contributed by atoms with Crippen LogP contribution in [0.2, 0.25) is 0 Å². The van der Waals surface area contributed by atoms with E-state index in [9.17, 15) is 14.4 Å². The maximum absolute atomic E-state index is 11.4. The number of benzene rings is 1. The molecule has 0 heterocycles. The number of esters is 1. The van der Waals surface area contributed by atoms with Crippen molar-refractivity contribution < 1.29 is 29.0 Å². The molecule has 0 spiro atoms. The average Bonchev–Trinajstić information content (AvgIpc) is 2.39. The van der Waals surface area contributed by atoms with Crippen LogP contribution in [0.1, 0.15) is 17.3 Å². The van der Waals surface area contributed by atoms with Crippen molar-refractivity contribution in [3.05, 3.63) is 23.8 Å². The second kappa shape index (κ2) is 6.39. The van der Waals surface area contributed by atoms with Gasteiger partial charge in [-0.1, -0.05) is 0 Å². The lowest BCUT2D eigenvalue weighted by Crippen LogP contribution is -2.25. The van der Waals surface area contributed by atoms with Crippen molar-refractivity contribution >= 4 is 23.5 Å². The molecule has 102 valence electrons. The predicted molar refractivity (Wildman–Crippen MR) is 65.2 cm³/mol. The number of aromatic carboxylic acids is 1. The number of rotatable bonds is 4. The van der Waals surface area contributed by atoms with Gasteiger partial charge in [0, 0.05) is 0 Å². The second-order valence-corrected chi connectivity index (χ2v) is 3.39. The Kier molecular flexibility index (Phi) is 4.87. The van der Waals surface area contributed by atoms with E-state index in [0.717, 1.165) is 0 Å².